The molecule has 2 aromatic carbocycles. The SMILES string of the molecule is CCc1cn2c(n1)CCC(C(=O)OCc1ccccc1Oc1ccccc1)C2. The fourth-order valence-corrected chi connectivity index (χ4v) is 3.47. The summed E-state index contributed by atoms with van der Waals surface area (Å²) >= 11 is 0. The maximum atomic E-state index is 12.6. The third-order valence-electron chi connectivity index (χ3n) is 5.05. The zero-order chi connectivity index (χ0) is 19.3. The molecule has 0 N–H and O–H groups in total. The lowest BCUT2D eigenvalue weighted by molar-refractivity contribution is -0.151. The maximum Gasteiger partial charge on any atom is 0.311 e. The van der Waals surface area contributed by atoms with Gasteiger partial charge in [-0.1, -0.05) is 43.3 Å². The second-order valence-corrected chi connectivity index (χ2v) is 7.02. The molecule has 0 radical (unpaired) electrons. The molecule has 4 rings (SSSR count). The Labute approximate surface area is 164 Å². The number of carbonyl (C=O) groups excluding carboxylic acids is 1. The Morgan fingerprint density at radius 1 is 1.14 bits per heavy atom. The highest BCUT2D eigenvalue weighted by Gasteiger charge is 2.27. The van der Waals surface area contributed by atoms with Gasteiger partial charge in [-0.2, -0.15) is 0 Å². The standard InChI is InChI=1S/C23H24N2O3/c1-2-19-15-25-14-17(12-13-22(25)24-19)23(26)27-16-18-8-6-7-11-21(18)28-20-9-4-3-5-10-20/h3-11,15,17H,2,12-14,16H2,1H3. The first kappa shape index (κ1) is 18.3. The second-order valence-electron chi connectivity index (χ2n) is 7.02. The number of carbonyl (C=O) groups is 1. The van der Waals surface area contributed by atoms with Gasteiger partial charge in [0.05, 0.1) is 11.6 Å². The molecule has 0 spiro atoms. The number of aromatic nitrogens is 2. The summed E-state index contributed by atoms with van der Waals surface area (Å²) in [6.07, 6.45) is 4.56. The largest absolute Gasteiger partial charge is 0.460 e. The Bertz CT molecular complexity index is 949. The van der Waals surface area contributed by atoms with Crippen LogP contribution in [0, 0.1) is 5.92 Å². The number of fused-ring (bicyclic) bond motifs is 1. The molecule has 0 aliphatic carbocycles. The van der Waals surface area contributed by atoms with E-state index in [1.807, 2.05) is 54.6 Å². The van der Waals surface area contributed by atoms with Crippen molar-refractivity contribution >= 4 is 5.97 Å². The first-order valence-corrected chi connectivity index (χ1v) is 9.75. The van der Waals surface area contributed by atoms with Gasteiger partial charge in [-0.3, -0.25) is 4.79 Å². The molecule has 0 amide bonds. The van der Waals surface area contributed by atoms with Crippen molar-refractivity contribution in [3.63, 3.8) is 0 Å². The van der Waals surface area contributed by atoms with Gasteiger partial charge in [0.2, 0.25) is 0 Å². The summed E-state index contributed by atoms with van der Waals surface area (Å²) in [6, 6.07) is 17.2. The topological polar surface area (TPSA) is 53.4 Å². The average molecular weight is 376 g/mol. The first-order chi connectivity index (χ1) is 13.7. The fraction of sp³-hybridized carbons (Fsp3) is 0.304. The van der Waals surface area contributed by atoms with Gasteiger partial charge >= 0.3 is 5.97 Å². The number of ether oxygens (including phenoxy) is 2. The molecule has 0 fully saturated rings. The second kappa shape index (κ2) is 8.30. The maximum absolute atomic E-state index is 12.6. The van der Waals surface area contributed by atoms with Crippen LogP contribution in [-0.2, 0) is 35.5 Å². The van der Waals surface area contributed by atoms with Crippen LogP contribution >= 0.6 is 0 Å². The lowest BCUT2D eigenvalue weighted by atomic mass is 10.00. The molecular weight excluding hydrogens is 352 g/mol. The summed E-state index contributed by atoms with van der Waals surface area (Å²) < 4.78 is 13.7. The fourth-order valence-electron chi connectivity index (χ4n) is 3.47. The summed E-state index contributed by atoms with van der Waals surface area (Å²) in [5.74, 6) is 2.24. The van der Waals surface area contributed by atoms with E-state index in [0.717, 1.165) is 42.1 Å². The monoisotopic (exact) mass is 376 g/mol. The Hall–Kier alpha value is -3.08. The number of imidazole rings is 1. The summed E-state index contributed by atoms with van der Waals surface area (Å²) in [7, 11) is 0. The number of nitrogens with zero attached hydrogens (tertiary/aromatic N) is 2. The van der Waals surface area contributed by atoms with Crippen LogP contribution in [0.25, 0.3) is 0 Å². The molecule has 144 valence electrons. The van der Waals surface area contributed by atoms with Crippen molar-refractivity contribution in [1.82, 2.24) is 9.55 Å². The number of para-hydroxylation sites is 2. The van der Waals surface area contributed by atoms with E-state index >= 15 is 0 Å². The molecule has 2 heterocycles. The van der Waals surface area contributed by atoms with E-state index in [-0.39, 0.29) is 18.5 Å². The molecule has 1 aliphatic heterocycles. The number of benzene rings is 2. The third kappa shape index (κ3) is 4.09. The van der Waals surface area contributed by atoms with Crippen LogP contribution in [0.2, 0.25) is 0 Å². The van der Waals surface area contributed by atoms with Gasteiger partial charge in [-0.05, 0) is 31.0 Å². The van der Waals surface area contributed by atoms with E-state index in [4.69, 9.17) is 9.47 Å². The van der Waals surface area contributed by atoms with Crippen molar-refractivity contribution in [3.8, 4) is 11.5 Å². The van der Waals surface area contributed by atoms with Crippen LogP contribution in [0.15, 0.2) is 60.8 Å². The molecule has 5 heteroatoms. The normalized spacial score (nSPS) is 15.7. The molecule has 1 atom stereocenters. The molecule has 3 aromatic rings. The molecule has 0 bridgehead atoms. The van der Waals surface area contributed by atoms with Gasteiger partial charge in [0, 0.05) is 24.7 Å². The summed E-state index contributed by atoms with van der Waals surface area (Å²) in [5.41, 5.74) is 1.93. The van der Waals surface area contributed by atoms with Crippen LogP contribution < -0.4 is 4.74 Å². The minimum Gasteiger partial charge on any atom is -0.460 e. The van der Waals surface area contributed by atoms with Crippen LogP contribution in [0.1, 0.15) is 30.4 Å². The van der Waals surface area contributed by atoms with E-state index in [1.165, 1.54) is 0 Å². The van der Waals surface area contributed by atoms with E-state index in [1.54, 1.807) is 0 Å². The third-order valence-corrected chi connectivity index (χ3v) is 5.05. The highest BCUT2D eigenvalue weighted by molar-refractivity contribution is 5.72. The van der Waals surface area contributed by atoms with Gasteiger partial charge in [-0.15, -0.1) is 0 Å². The van der Waals surface area contributed by atoms with E-state index in [0.29, 0.717) is 12.3 Å². The lowest BCUT2D eigenvalue weighted by Gasteiger charge is -2.22. The van der Waals surface area contributed by atoms with Crippen LogP contribution in [-0.4, -0.2) is 15.5 Å². The van der Waals surface area contributed by atoms with Crippen molar-refractivity contribution in [2.24, 2.45) is 5.92 Å². The molecule has 0 saturated carbocycles. The predicted molar refractivity (Wildman–Crippen MR) is 106 cm³/mol. The molecule has 28 heavy (non-hydrogen) atoms. The van der Waals surface area contributed by atoms with Crippen LogP contribution in [0.4, 0.5) is 0 Å². The van der Waals surface area contributed by atoms with Crippen molar-refractivity contribution in [1.29, 1.82) is 0 Å². The van der Waals surface area contributed by atoms with Crippen molar-refractivity contribution < 1.29 is 14.3 Å². The highest BCUT2D eigenvalue weighted by Crippen LogP contribution is 2.27. The Kier molecular flexibility index (Phi) is 5.42. The average Bonchev–Trinajstić information content (AvgIpc) is 3.16. The van der Waals surface area contributed by atoms with Gasteiger partial charge in [-0.25, -0.2) is 4.98 Å². The molecule has 0 saturated heterocycles. The Morgan fingerprint density at radius 2 is 1.93 bits per heavy atom. The van der Waals surface area contributed by atoms with Crippen molar-refractivity contribution in [2.45, 2.75) is 39.3 Å². The first-order valence-electron chi connectivity index (χ1n) is 9.75. The van der Waals surface area contributed by atoms with Gasteiger partial charge < -0.3 is 14.0 Å². The number of hydrogen-bond donors (Lipinski definition) is 0. The summed E-state index contributed by atoms with van der Waals surface area (Å²) in [6.45, 7) is 2.94. The minimum atomic E-state index is -0.160. The van der Waals surface area contributed by atoms with Gasteiger partial charge in [0.1, 0.15) is 23.9 Å². The number of hydrogen-bond acceptors (Lipinski definition) is 4. The minimum absolute atomic E-state index is 0.131. The summed E-state index contributed by atoms with van der Waals surface area (Å²) in [4.78, 5) is 17.2. The molecule has 1 unspecified atom stereocenters. The van der Waals surface area contributed by atoms with Crippen LogP contribution in [0.3, 0.4) is 0 Å². The predicted octanol–water partition coefficient (Wildman–Crippen LogP) is 4.54. The zero-order valence-electron chi connectivity index (χ0n) is 16.0. The quantitative estimate of drug-likeness (QED) is 0.593. The summed E-state index contributed by atoms with van der Waals surface area (Å²) in [5, 5.41) is 0. The van der Waals surface area contributed by atoms with E-state index < -0.39 is 0 Å². The number of esters is 1. The Balaban J connectivity index is 1.39. The Morgan fingerprint density at radius 3 is 2.75 bits per heavy atom. The van der Waals surface area contributed by atoms with E-state index in [9.17, 15) is 4.79 Å². The van der Waals surface area contributed by atoms with E-state index in [2.05, 4.69) is 22.7 Å². The molecule has 1 aromatic heterocycles. The lowest BCUT2D eigenvalue weighted by Crippen LogP contribution is -2.28. The molecule has 5 nitrogen and oxygen atoms in total. The molecular formula is C23H24N2O3. The van der Waals surface area contributed by atoms with Crippen molar-refractivity contribution in [3.05, 3.63) is 77.9 Å². The highest BCUT2D eigenvalue weighted by atomic mass is 16.5. The van der Waals surface area contributed by atoms with Crippen molar-refractivity contribution in [2.75, 3.05) is 0 Å². The number of rotatable bonds is 6. The van der Waals surface area contributed by atoms with Gasteiger partial charge in [0.15, 0.2) is 0 Å². The van der Waals surface area contributed by atoms with Gasteiger partial charge in [0.25, 0.3) is 0 Å². The zero-order valence-corrected chi connectivity index (χ0v) is 16.0. The van der Waals surface area contributed by atoms with Crippen LogP contribution in [0.5, 0.6) is 11.5 Å². The number of aryl methyl sites for hydroxylation is 2. The smallest absolute Gasteiger partial charge is 0.311 e. The molecule has 1 aliphatic rings.